The molecule has 0 unspecified atom stereocenters. The summed E-state index contributed by atoms with van der Waals surface area (Å²) in [6.07, 6.45) is 0.914. The van der Waals surface area contributed by atoms with Gasteiger partial charge in [0.15, 0.2) is 0 Å². The largest absolute Gasteiger partial charge is 0.296 e. The van der Waals surface area contributed by atoms with Gasteiger partial charge in [0, 0.05) is 14.3 Å². The molecular weight excluding hydrogens is 130 g/mol. The topological polar surface area (TPSA) is 46.2 Å². The lowest BCUT2D eigenvalue weighted by Crippen LogP contribution is -2.42. The van der Waals surface area contributed by atoms with Crippen molar-refractivity contribution in [3.05, 3.63) is 0 Å². The third kappa shape index (κ3) is 1.56. The summed E-state index contributed by atoms with van der Waals surface area (Å²) in [4.78, 5) is 21.5. The van der Waals surface area contributed by atoms with E-state index in [0.29, 0.717) is 12.8 Å². The van der Waals surface area contributed by atoms with E-state index in [-0.39, 0.29) is 18.7 Å². The van der Waals surface area contributed by atoms with E-state index in [1.165, 1.54) is 0 Å². The number of piperidine rings is 1. The van der Waals surface area contributed by atoms with Gasteiger partial charge in [0.1, 0.15) is 0 Å². The minimum absolute atomic E-state index is 0. The molecule has 0 atom stereocenters. The van der Waals surface area contributed by atoms with Gasteiger partial charge in [-0.25, -0.2) is 0 Å². The van der Waals surface area contributed by atoms with Crippen LogP contribution in [0.15, 0.2) is 0 Å². The van der Waals surface area contributed by atoms with Gasteiger partial charge in [-0.2, -0.15) is 0 Å². The molecule has 0 aromatic carbocycles. The third-order valence-electron chi connectivity index (χ3n) is 1.56. The Labute approximate surface area is 61.3 Å². The normalized spacial score (nSPS) is 24.2. The van der Waals surface area contributed by atoms with Crippen molar-refractivity contribution in [1.82, 2.24) is 5.32 Å². The minimum Gasteiger partial charge on any atom is -0.296 e. The van der Waals surface area contributed by atoms with E-state index in [4.69, 9.17) is 0 Å². The van der Waals surface area contributed by atoms with Gasteiger partial charge in [0.25, 0.3) is 0 Å². The van der Waals surface area contributed by atoms with Crippen LogP contribution in [0, 0.1) is 5.41 Å². The van der Waals surface area contributed by atoms with E-state index in [1.807, 2.05) is 13.8 Å². The lowest BCUT2D eigenvalue weighted by molar-refractivity contribution is -0.136. The SMILES string of the molecule is CC1(C)CC(=O)NC(=O)C1.[HH]. The van der Waals surface area contributed by atoms with Crippen LogP contribution in [-0.4, -0.2) is 11.8 Å². The van der Waals surface area contributed by atoms with Gasteiger partial charge in [-0.15, -0.1) is 0 Å². The lowest BCUT2D eigenvalue weighted by Gasteiger charge is -2.27. The van der Waals surface area contributed by atoms with Crippen LogP contribution in [0.5, 0.6) is 0 Å². The summed E-state index contributed by atoms with van der Waals surface area (Å²) < 4.78 is 0. The fourth-order valence-electron chi connectivity index (χ4n) is 1.18. The first kappa shape index (κ1) is 7.25. The maximum Gasteiger partial charge on any atom is 0.227 e. The Balaban J connectivity index is 0.000001000. The van der Waals surface area contributed by atoms with Crippen LogP contribution in [0.1, 0.15) is 28.1 Å². The molecule has 1 N–H and O–H groups in total. The number of hydrogen-bond acceptors (Lipinski definition) is 2. The molecule has 3 heteroatoms. The molecule has 0 saturated carbocycles. The highest BCUT2D eigenvalue weighted by molar-refractivity contribution is 5.98. The maximum atomic E-state index is 10.8. The molecule has 58 valence electrons. The Bertz CT molecular complexity index is 171. The fraction of sp³-hybridized carbons (Fsp3) is 0.714. The zero-order valence-corrected chi connectivity index (χ0v) is 6.23. The van der Waals surface area contributed by atoms with Crippen LogP contribution in [0.25, 0.3) is 0 Å². The second-order valence-electron chi connectivity index (χ2n) is 3.49. The average Bonchev–Trinajstić information content (AvgIpc) is 1.54. The van der Waals surface area contributed by atoms with E-state index in [2.05, 4.69) is 5.32 Å². The van der Waals surface area contributed by atoms with Crippen molar-refractivity contribution in [3.8, 4) is 0 Å². The van der Waals surface area contributed by atoms with Crippen LogP contribution >= 0.6 is 0 Å². The number of carbonyl (C=O) groups is 2. The van der Waals surface area contributed by atoms with Crippen molar-refractivity contribution in [3.63, 3.8) is 0 Å². The summed E-state index contributed by atoms with van der Waals surface area (Å²) in [6, 6.07) is 0. The number of amides is 2. The molecular formula is C7H13NO2. The molecule has 1 aliphatic rings. The van der Waals surface area contributed by atoms with Gasteiger partial charge >= 0.3 is 0 Å². The van der Waals surface area contributed by atoms with Crippen molar-refractivity contribution in [2.24, 2.45) is 5.41 Å². The predicted octanol–water partition coefficient (Wildman–Crippen LogP) is 0.695. The molecule has 3 nitrogen and oxygen atoms in total. The van der Waals surface area contributed by atoms with Crippen LogP contribution in [0.2, 0.25) is 0 Å². The van der Waals surface area contributed by atoms with E-state index in [9.17, 15) is 9.59 Å². The highest BCUT2D eigenvalue weighted by Crippen LogP contribution is 2.27. The predicted molar refractivity (Wildman–Crippen MR) is 38.3 cm³/mol. The van der Waals surface area contributed by atoms with Gasteiger partial charge in [-0.1, -0.05) is 13.8 Å². The highest BCUT2D eigenvalue weighted by Gasteiger charge is 2.30. The Hall–Kier alpha value is -0.860. The molecule has 1 saturated heterocycles. The monoisotopic (exact) mass is 143 g/mol. The summed E-state index contributed by atoms with van der Waals surface area (Å²) in [5, 5.41) is 2.26. The van der Waals surface area contributed by atoms with E-state index >= 15 is 0 Å². The zero-order valence-electron chi connectivity index (χ0n) is 6.23. The van der Waals surface area contributed by atoms with E-state index in [1.54, 1.807) is 0 Å². The first-order valence-electron chi connectivity index (χ1n) is 3.32. The molecule has 0 bridgehead atoms. The first-order valence-corrected chi connectivity index (χ1v) is 3.32. The van der Waals surface area contributed by atoms with E-state index in [0.717, 1.165) is 0 Å². The number of rotatable bonds is 0. The van der Waals surface area contributed by atoms with Gasteiger partial charge in [-0.05, 0) is 5.41 Å². The number of imide groups is 1. The van der Waals surface area contributed by atoms with Crippen molar-refractivity contribution in [1.29, 1.82) is 0 Å². The fourth-order valence-corrected chi connectivity index (χ4v) is 1.18. The van der Waals surface area contributed by atoms with Crippen LogP contribution in [0.3, 0.4) is 0 Å². The Morgan fingerprint density at radius 2 is 1.70 bits per heavy atom. The standard InChI is InChI=1S/C7H11NO2.H2/c1-7(2)3-5(9)8-6(10)4-7;/h3-4H2,1-2H3,(H,8,9,10);1H. The Kier molecular flexibility index (Phi) is 1.50. The molecule has 0 aliphatic carbocycles. The Morgan fingerprint density at radius 1 is 1.30 bits per heavy atom. The first-order chi connectivity index (χ1) is 4.49. The average molecular weight is 143 g/mol. The maximum absolute atomic E-state index is 10.8. The van der Waals surface area contributed by atoms with Crippen LogP contribution in [0.4, 0.5) is 0 Å². The molecule has 10 heavy (non-hydrogen) atoms. The third-order valence-corrected chi connectivity index (χ3v) is 1.56. The van der Waals surface area contributed by atoms with Crippen molar-refractivity contribution >= 4 is 11.8 Å². The minimum atomic E-state index is -0.152. The smallest absolute Gasteiger partial charge is 0.227 e. The highest BCUT2D eigenvalue weighted by atomic mass is 16.2. The molecule has 1 heterocycles. The van der Waals surface area contributed by atoms with Gasteiger partial charge in [0.05, 0.1) is 0 Å². The molecule has 1 rings (SSSR count). The van der Waals surface area contributed by atoms with Gasteiger partial charge in [-0.3, -0.25) is 14.9 Å². The van der Waals surface area contributed by atoms with Crippen LogP contribution < -0.4 is 5.32 Å². The molecule has 1 fully saturated rings. The molecule has 2 amide bonds. The van der Waals surface area contributed by atoms with Crippen molar-refractivity contribution in [2.75, 3.05) is 0 Å². The second kappa shape index (κ2) is 2.08. The summed E-state index contributed by atoms with van der Waals surface area (Å²) in [5.74, 6) is -0.303. The molecule has 1 aliphatic heterocycles. The summed E-state index contributed by atoms with van der Waals surface area (Å²) >= 11 is 0. The van der Waals surface area contributed by atoms with Gasteiger partial charge in [0.2, 0.25) is 11.8 Å². The van der Waals surface area contributed by atoms with Crippen LogP contribution in [-0.2, 0) is 9.59 Å². The quantitative estimate of drug-likeness (QED) is 0.507. The number of carbonyl (C=O) groups excluding carboxylic acids is 2. The molecule has 0 aromatic rings. The molecule has 0 aromatic heterocycles. The zero-order chi connectivity index (χ0) is 7.78. The summed E-state index contributed by atoms with van der Waals surface area (Å²) in [6.45, 7) is 3.84. The molecule has 0 spiro atoms. The van der Waals surface area contributed by atoms with Gasteiger partial charge < -0.3 is 0 Å². The number of nitrogens with one attached hydrogen (secondary N) is 1. The summed E-state index contributed by atoms with van der Waals surface area (Å²) in [7, 11) is 0. The lowest BCUT2D eigenvalue weighted by atomic mass is 9.83. The van der Waals surface area contributed by atoms with Crippen molar-refractivity contribution < 1.29 is 11.0 Å². The van der Waals surface area contributed by atoms with E-state index < -0.39 is 0 Å². The second-order valence-corrected chi connectivity index (χ2v) is 3.49. The van der Waals surface area contributed by atoms with Crippen molar-refractivity contribution in [2.45, 2.75) is 26.7 Å². The number of hydrogen-bond donors (Lipinski definition) is 1. The summed E-state index contributed by atoms with van der Waals surface area (Å²) in [5.41, 5.74) is -0.139. The molecule has 0 radical (unpaired) electrons. The Morgan fingerprint density at radius 3 is 2.00 bits per heavy atom.